The fraction of sp³-hybridized carbons (Fsp3) is 0.444. The molecule has 1 aromatic heterocycles. The van der Waals surface area contributed by atoms with Gasteiger partial charge in [0.1, 0.15) is 0 Å². The third-order valence-electron chi connectivity index (χ3n) is 1.49. The zero-order valence-corrected chi connectivity index (χ0v) is 7.79. The van der Waals surface area contributed by atoms with E-state index in [1.54, 1.807) is 19.2 Å². The summed E-state index contributed by atoms with van der Waals surface area (Å²) in [5.41, 5.74) is 0.378. The minimum atomic E-state index is -0.379. The first-order valence-corrected chi connectivity index (χ1v) is 4.26. The van der Waals surface area contributed by atoms with Gasteiger partial charge in [0.05, 0.1) is 13.2 Å². The van der Waals surface area contributed by atoms with Crippen molar-refractivity contribution in [1.29, 1.82) is 0 Å². The quantitative estimate of drug-likeness (QED) is 0.721. The van der Waals surface area contributed by atoms with Crippen LogP contribution in [0, 0.1) is 0 Å². The van der Waals surface area contributed by atoms with Crippen molar-refractivity contribution in [3.05, 3.63) is 18.0 Å². The van der Waals surface area contributed by atoms with Crippen LogP contribution in [0.4, 0.5) is 0 Å². The van der Waals surface area contributed by atoms with Gasteiger partial charge in [-0.1, -0.05) is 0 Å². The molecule has 1 N–H and O–H groups in total. The summed E-state index contributed by atoms with van der Waals surface area (Å²) in [5.74, 6) is 0.164. The molecule has 0 aliphatic rings. The van der Waals surface area contributed by atoms with Crippen molar-refractivity contribution < 1.29 is 14.3 Å². The van der Waals surface area contributed by atoms with Gasteiger partial charge < -0.3 is 14.5 Å². The monoisotopic (exact) mass is 183 g/mol. The van der Waals surface area contributed by atoms with Gasteiger partial charge in [-0.05, 0) is 19.9 Å². The van der Waals surface area contributed by atoms with E-state index in [-0.39, 0.29) is 5.97 Å². The molecule has 0 aromatic carbocycles. The van der Waals surface area contributed by atoms with E-state index >= 15 is 0 Å². The Kier molecular flexibility index (Phi) is 3.37. The van der Waals surface area contributed by atoms with Crippen molar-refractivity contribution in [2.75, 3.05) is 13.2 Å². The summed E-state index contributed by atoms with van der Waals surface area (Å²) in [4.78, 5) is 14.0. The van der Waals surface area contributed by atoms with E-state index in [4.69, 9.17) is 9.47 Å². The number of esters is 1. The van der Waals surface area contributed by atoms with Crippen LogP contribution in [0.3, 0.4) is 0 Å². The summed E-state index contributed by atoms with van der Waals surface area (Å²) < 4.78 is 10.0. The van der Waals surface area contributed by atoms with E-state index in [1.807, 2.05) is 6.92 Å². The molecule has 0 fully saturated rings. The molecule has 1 heterocycles. The van der Waals surface area contributed by atoms with Crippen LogP contribution < -0.4 is 4.74 Å². The second-order valence-corrected chi connectivity index (χ2v) is 2.37. The highest BCUT2D eigenvalue weighted by atomic mass is 16.5. The van der Waals surface area contributed by atoms with Crippen LogP contribution in [0.5, 0.6) is 5.75 Å². The minimum Gasteiger partial charge on any atom is -0.491 e. The van der Waals surface area contributed by atoms with Gasteiger partial charge in [0.15, 0.2) is 11.4 Å². The van der Waals surface area contributed by atoms with Crippen LogP contribution in [0.1, 0.15) is 24.3 Å². The zero-order chi connectivity index (χ0) is 9.68. The molecule has 72 valence electrons. The standard InChI is InChI=1S/C9H13NO3/c1-3-12-7-5-6-10-8(7)9(11)13-4-2/h5-6,10H,3-4H2,1-2H3. The second kappa shape index (κ2) is 4.54. The van der Waals surface area contributed by atoms with E-state index in [1.165, 1.54) is 0 Å². The van der Waals surface area contributed by atoms with Crippen molar-refractivity contribution >= 4 is 5.97 Å². The van der Waals surface area contributed by atoms with E-state index in [0.717, 1.165) is 0 Å². The number of hydrogen-bond acceptors (Lipinski definition) is 3. The van der Waals surface area contributed by atoms with Crippen LogP contribution in [-0.4, -0.2) is 24.2 Å². The van der Waals surface area contributed by atoms with Gasteiger partial charge in [-0.3, -0.25) is 0 Å². The summed E-state index contributed by atoms with van der Waals surface area (Å²) in [7, 11) is 0. The lowest BCUT2D eigenvalue weighted by Gasteiger charge is -2.03. The zero-order valence-electron chi connectivity index (χ0n) is 7.79. The second-order valence-electron chi connectivity index (χ2n) is 2.37. The average molecular weight is 183 g/mol. The molecule has 0 atom stereocenters. The van der Waals surface area contributed by atoms with Gasteiger partial charge in [0.25, 0.3) is 0 Å². The molecule has 0 aliphatic carbocycles. The molecular formula is C9H13NO3. The normalized spacial score (nSPS) is 9.69. The SMILES string of the molecule is CCOC(=O)c1[nH]ccc1OCC. The van der Waals surface area contributed by atoms with Crippen LogP contribution >= 0.6 is 0 Å². The highest BCUT2D eigenvalue weighted by molar-refractivity contribution is 5.90. The van der Waals surface area contributed by atoms with Crippen molar-refractivity contribution in [1.82, 2.24) is 4.98 Å². The Bertz CT molecular complexity index is 280. The average Bonchev–Trinajstić information content (AvgIpc) is 2.54. The van der Waals surface area contributed by atoms with Crippen molar-refractivity contribution in [3.63, 3.8) is 0 Å². The molecule has 0 aliphatic heterocycles. The number of nitrogens with one attached hydrogen (secondary N) is 1. The Morgan fingerprint density at radius 3 is 2.85 bits per heavy atom. The first-order chi connectivity index (χ1) is 6.29. The Morgan fingerprint density at radius 2 is 2.23 bits per heavy atom. The third-order valence-corrected chi connectivity index (χ3v) is 1.49. The lowest BCUT2D eigenvalue weighted by atomic mass is 10.4. The fourth-order valence-electron chi connectivity index (χ4n) is 0.994. The topological polar surface area (TPSA) is 51.3 Å². The van der Waals surface area contributed by atoms with Gasteiger partial charge in [-0.15, -0.1) is 0 Å². The molecule has 0 saturated heterocycles. The Labute approximate surface area is 76.9 Å². The van der Waals surface area contributed by atoms with Crippen LogP contribution in [0.15, 0.2) is 12.3 Å². The van der Waals surface area contributed by atoms with Gasteiger partial charge in [0.2, 0.25) is 0 Å². The minimum absolute atomic E-state index is 0.365. The summed E-state index contributed by atoms with van der Waals surface area (Å²) in [5, 5.41) is 0. The lowest BCUT2D eigenvalue weighted by molar-refractivity contribution is 0.0516. The Morgan fingerprint density at radius 1 is 1.46 bits per heavy atom. The van der Waals surface area contributed by atoms with Gasteiger partial charge >= 0.3 is 5.97 Å². The number of H-pyrrole nitrogens is 1. The maximum absolute atomic E-state index is 11.3. The predicted molar refractivity (Wildman–Crippen MR) is 47.9 cm³/mol. The summed E-state index contributed by atoms with van der Waals surface area (Å²) in [6, 6.07) is 1.70. The molecule has 4 heteroatoms. The Balaban J connectivity index is 2.74. The molecular weight excluding hydrogens is 170 g/mol. The van der Waals surface area contributed by atoms with Crippen molar-refractivity contribution in [3.8, 4) is 5.75 Å². The van der Waals surface area contributed by atoms with Crippen LogP contribution in [0.2, 0.25) is 0 Å². The smallest absolute Gasteiger partial charge is 0.358 e. The van der Waals surface area contributed by atoms with Crippen LogP contribution in [0.25, 0.3) is 0 Å². The number of hydrogen-bond donors (Lipinski definition) is 1. The lowest BCUT2D eigenvalue weighted by Crippen LogP contribution is -2.07. The van der Waals surface area contributed by atoms with E-state index in [9.17, 15) is 4.79 Å². The molecule has 1 rings (SSSR count). The van der Waals surface area contributed by atoms with E-state index in [2.05, 4.69) is 4.98 Å². The van der Waals surface area contributed by atoms with Gasteiger partial charge in [-0.2, -0.15) is 0 Å². The number of carbonyl (C=O) groups is 1. The molecule has 0 unspecified atom stereocenters. The molecule has 1 aromatic rings. The maximum atomic E-state index is 11.3. The molecule has 0 spiro atoms. The molecule has 13 heavy (non-hydrogen) atoms. The van der Waals surface area contributed by atoms with Crippen molar-refractivity contribution in [2.45, 2.75) is 13.8 Å². The highest BCUT2D eigenvalue weighted by Crippen LogP contribution is 2.17. The maximum Gasteiger partial charge on any atom is 0.358 e. The van der Waals surface area contributed by atoms with E-state index in [0.29, 0.717) is 24.7 Å². The molecule has 0 bridgehead atoms. The predicted octanol–water partition coefficient (Wildman–Crippen LogP) is 1.59. The van der Waals surface area contributed by atoms with Gasteiger partial charge in [-0.25, -0.2) is 4.79 Å². The third kappa shape index (κ3) is 2.24. The first-order valence-electron chi connectivity index (χ1n) is 4.26. The molecule has 4 nitrogen and oxygen atoms in total. The first kappa shape index (κ1) is 9.64. The number of ether oxygens (including phenoxy) is 2. The molecule has 0 amide bonds. The highest BCUT2D eigenvalue weighted by Gasteiger charge is 2.13. The van der Waals surface area contributed by atoms with Crippen LogP contribution in [-0.2, 0) is 4.74 Å². The largest absolute Gasteiger partial charge is 0.491 e. The fourth-order valence-corrected chi connectivity index (χ4v) is 0.994. The van der Waals surface area contributed by atoms with Crippen molar-refractivity contribution in [2.24, 2.45) is 0 Å². The number of aromatic amines is 1. The summed E-state index contributed by atoms with van der Waals surface area (Å²) >= 11 is 0. The summed E-state index contributed by atoms with van der Waals surface area (Å²) in [6.07, 6.45) is 1.65. The Hall–Kier alpha value is -1.45. The van der Waals surface area contributed by atoms with Gasteiger partial charge in [0, 0.05) is 6.20 Å². The number of carbonyl (C=O) groups excluding carboxylic acids is 1. The van der Waals surface area contributed by atoms with E-state index < -0.39 is 0 Å². The number of aromatic nitrogens is 1. The molecule has 0 radical (unpaired) electrons. The summed E-state index contributed by atoms with van der Waals surface area (Å²) in [6.45, 7) is 4.52. The molecule has 0 saturated carbocycles. The number of rotatable bonds is 4.